The number of nitrogens with two attached hydrogens (primary N) is 1. The Hall–Kier alpha value is -2.70. The quantitative estimate of drug-likeness (QED) is 0.836. The molecule has 20 heavy (non-hydrogen) atoms. The summed E-state index contributed by atoms with van der Waals surface area (Å²) in [7, 11) is 0. The lowest BCUT2D eigenvalue weighted by Crippen LogP contribution is -2.25. The van der Waals surface area contributed by atoms with Crippen molar-refractivity contribution in [1.82, 2.24) is 15.0 Å². The molecule has 104 valence electrons. The highest BCUT2D eigenvalue weighted by Gasteiger charge is 2.22. The van der Waals surface area contributed by atoms with Gasteiger partial charge in [-0.25, -0.2) is 9.48 Å². The van der Waals surface area contributed by atoms with Gasteiger partial charge < -0.3 is 10.8 Å². The van der Waals surface area contributed by atoms with E-state index in [1.54, 1.807) is 31.2 Å². The molecule has 0 fully saturated rings. The van der Waals surface area contributed by atoms with Crippen LogP contribution in [0.15, 0.2) is 30.3 Å². The van der Waals surface area contributed by atoms with Crippen molar-refractivity contribution >= 4 is 11.9 Å². The minimum Gasteiger partial charge on any atom is -0.476 e. The Balaban J connectivity index is 2.48. The van der Waals surface area contributed by atoms with Crippen LogP contribution in [0.2, 0.25) is 0 Å². The number of primary amides is 1. The van der Waals surface area contributed by atoms with Gasteiger partial charge in [-0.2, -0.15) is 0 Å². The van der Waals surface area contributed by atoms with Crippen molar-refractivity contribution in [2.45, 2.75) is 13.5 Å². The lowest BCUT2D eigenvalue weighted by atomic mass is 10.1. The maximum absolute atomic E-state index is 11.2. The maximum atomic E-state index is 11.2. The van der Waals surface area contributed by atoms with Gasteiger partial charge in [0.2, 0.25) is 5.91 Å². The Morgan fingerprint density at radius 3 is 2.55 bits per heavy atom. The Labute approximate surface area is 115 Å². The SMILES string of the molecule is CC(Cn1nnc(C(=O)O)c1-c1ccccc1)C(N)=O. The lowest BCUT2D eigenvalue weighted by molar-refractivity contribution is -0.121. The summed E-state index contributed by atoms with van der Waals surface area (Å²) >= 11 is 0. The minimum atomic E-state index is -1.16. The van der Waals surface area contributed by atoms with Crippen LogP contribution in [0.3, 0.4) is 0 Å². The van der Waals surface area contributed by atoms with Gasteiger partial charge in [-0.3, -0.25) is 4.79 Å². The number of nitrogens with zero attached hydrogens (tertiary/aromatic N) is 3. The zero-order valence-corrected chi connectivity index (χ0v) is 10.9. The number of carboxylic acid groups (broad SMARTS) is 1. The Morgan fingerprint density at radius 2 is 2.00 bits per heavy atom. The van der Waals surface area contributed by atoms with Gasteiger partial charge in [-0.05, 0) is 0 Å². The van der Waals surface area contributed by atoms with Crippen molar-refractivity contribution < 1.29 is 14.7 Å². The number of rotatable bonds is 5. The van der Waals surface area contributed by atoms with Crippen LogP contribution in [0.1, 0.15) is 17.4 Å². The fourth-order valence-electron chi connectivity index (χ4n) is 1.82. The molecule has 0 spiro atoms. The van der Waals surface area contributed by atoms with Crippen LogP contribution in [0.4, 0.5) is 0 Å². The van der Waals surface area contributed by atoms with Crippen molar-refractivity contribution in [3.8, 4) is 11.3 Å². The average molecular weight is 274 g/mol. The minimum absolute atomic E-state index is 0.145. The molecule has 1 atom stereocenters. The van der Waals surface area contributed by atoms with Gasteiger partial charge in [0.15, 0.2) is 5.69 Å². The summed E-state index contributed by atoms with van der Waals surface area (Å²) in [5.41, 5.74) is 6.12. The van der Waals surface area contributed by atoms with E-state index in [-0.39, 0.29) is 12.2 Å². The average Bonchev–Trinajstić information content (AvgIpc) is 2.83. The number of aromatic nitrogens is 3. The highest BCUT2D eigenvalue weighted by molar-refractivity contribution is 5.92. The molecule has 0 aliphatic rings. The first-order valence-electron chi connectivity index (χ1n) is 6.02. The van der Waals surface area contributed by atoms with Crippen LogP contribution in [-0.4, -0.2) is 32.0 Å². The van der Waals surface area contributed by atoms with Crippen LogP contribution in [0.5, 0.6) is 0 Å². The molecule has 7 nitrogen and oxygen atoms in total. The zero-order valence-electron chi connectivity index (χ0n) is 10.9. The number of hydrogen-bond donors (Lipinski definition) is 2. The predicted octanol–water partition coefficient (Wildman–Crippen LogP) is 0.765. The van der Waals surface area contributed by atoms with E-state index in [4.69, 9.17) is 5.73 Å². The molecule has 0 saturated heterocycles. The number of carbonyl (C=O) groups is 2. The topological polar surface area (TPSA) is 111 Å². The second-order valence-electron chi connectivity index (χ2n) is 4.44. The second-order valence-corrected chi connectivity index (χ2v) is 4.44. The van der Waals surface area contributed by atoms with E-state index in [9.17, 15) is 14.7 Å². The normalized spacial score (nSPS) is 12.1. The van der Waals surface area contributed by atoms with E-state index in [1.165, 1.54) is 4.68 Å². The van der Waals surface area contributed by atoms with E-state index in [1.807, 2.05) is 6.07 Å². The molecule has 1 aromatic carbocycles. The molecule has 2 rings (SSSR count). The summed E-state index contributed by atoms with van der Waals surface area (Å²) in [6.07, 6.45) is 0. The third kappa shape index (κ3) is 2.66. The van der Waals surface area contributed by atoms with Crippen molar-refractivity contribution in [2.24, 2.45) is 11.7 Å². The number of carboxylic acids is 1. The number of carbonyl (C=O) groups excluding carboxylic acids is 1. The van der Waals surface area contributed by atoms with E-state index in [0.29, 0.717) is 11.3 Å². The monoisotopic (exact) mass is 274 g/mol. The van der Waals surface area contributed by atoms with Crippen LogP contribution < -0.4 is 5.73 Å². The van der Waals surface area contributed by atoms with E-state index >= 15 is 0 Å². The fraction of sp³-hybridized carbons (Fsp3) is 0.231. The standard InChI is InChI=1S/C13H14N4O3/c1-8(12(14)18)7-17-11(9-5-3-2-4-6-9)10(13(19)20)15-16-17/h2-6,8H,7H2,1H3,(H2,14,18)(H,19,20). The van der Waals surface area contributed by atoms with Gasteiger partial charge in [0.1, 0.15) is 5.69 Å². The van der Waals surface area contributed by atoms with Crippen molar-refractivity contribution in [1.29, 1.82) is 0 Å². The molecule has 3 N–H and O–H groups in total. The molecule has 1 heterocycles. The molecular formula is C13H14N4O3. The van der Waals surface area contributed by atoms with Gasteiger partial charge >= 0.3 is 5.97 Å². The number of amides is 1. The number of aromatic carboxylic acids is 1. The summed E-state index contributed by atoms with van der Waals surface area (Å²) in [5, 5.41) is 16.7. The summed E-state index contributed by atoms with van der Waals surface area (Å²) < 4.78 is 1.40. The molecular weight excluding hydrogens is 260 g/mol. The van der Waals surface area contributed by atoms with Gasteiger partial charge in [0.25, 0.3) is 0 Å². The third-order valence-electron chi connectivity index (χ3n) is 2.92. The molecule has 0 radical (unpaired) electrons. The van der Waals surface area contributed by atoms with Gasteiger partial charge in [0.05, 0.1) is 12.5 Å². The summed E-state index contributed by atoms with van der Waals surface area (Å²) in [5.74, 6) is -2.11. The highest BCUT2D eigenvalue weighted by atomic mass is 16.4. The smallest absolute Gasteiger partial charge is 0.358 e. The fourth-order valence-corrected chi connectivity index (χ4v) is 1.82. The molecule has 7 heteroatoms. The highest BCUT2D eigenvalue weighted by Crippen LogP contribution is 2.22. The Bertz CT molecular complexity index is 636. The maximum Gasteiger partial charge on any atom is 0.358 e. The molecule has 1 unspecified atom stereocenters. The molecule has 0 saturated carbocycles. The first-order chi connectivity index (χ1) is 9.50. The summed E-state index contributed by atoms with van der Waals surface area (Å²) in [6, 6.07) is 8.92. The molecule has 1 amide bonds. The molecule has 1 aromatic heterocycles. The largest absolute Gasteiger partial charge is 0.476 e. The van der Waals surface area contributed by atoms with Crippen molar-refractivity contribution in [3.63, 3.8) is 0 Å². The van der Waals surface area contributed by atoms with Crippen LogP contribution in [0, 0.1) is 5.92 Å². The lowest BCUT2D eigenvalue weighted by Gasteiger charge is -2.10. The molecule has 2 aromatic rings. The first-order valence-corrected chi connectivity index (χ1v) is 6.02. The van der Waals surface area contributed by atoms with Gasteiger partial charge in [-0.15, -0.1) is 5.10 Å². The second kappa shape index (κ2) is 5.52. The van der Waals surface area contributed by atoms with E-state index < -0.39 is 17.8 Å². The molecule has 0 bridgehead atoms. The van der Waals surface area contributed by atoms with Crippen LogP contribution in [-0.2, 0) is 11.3 Å². The number of benzene rings is 1. The molecule has 0 aliphatic heterocycles. The van der Waals surface area contributed by atoms with Crippen molar-refractivity contribution in [3.05, 3.63) is 36.0 Å². The summed E-state index contributed by atoms with van der Waals surface area (Å²) in [6.45, 7) is 1.83. The van der Waals surface area contributed by atoms with Crippen LogP contribution in [0.25, 0.3) is 11.3 Å². The molecule has 0 aliphatic carbocycles. The van der Waals surface area contributed by atoms with Crippen LogP contribution >= 0.6 is 0 Å². The Kier molecular flexibility index (Phi) is 3.79. The zero-order chi connectivity index (χ0) is 14.7. The Morgan fingerprint density at radius 1 is 1.35 bits per heavy atom. The predicted molar refractivity (Wildman–Crippen MR) is 70.8 cm³/mol. The third-order valence-corrected chi connectivity index (χ3v) is 2.92. The van der Waals surface area contributed by atoms with Gasteiger partial charge in [0, 0.05) is 5.56 Å². The first kappa shape index (κ1) is 13.7. The number of hydrogen-bond acceptors (Lipinski definition) is 4. The van der Waals surface area contributed by atoms with Crippen molar-refractivity contribution in [2.75, 3.05) is 0 Å². The van der Waals surface area contributed by atoms with Gasteiger partial charge in [-0.1, -0.05) is 42.5 Å². The van der Waals surface area contributed by atoms with E-state index in [2.05, 4.69) is 10.3 Å². The van der Waals surface area contributed by atoms with E-state index in [0.717, 1.165) is 0 Å². The summed E-state index contributed by atoms with van der Waals surface area (Å²) in [4.78, 5) is 22.4.